The molecule has 2 aromatic rings. The van der Waals surface area contributed by atoms with Gasteiger partial charge in [-0.2, -0.15) is 0 Å². The van der Waals surface area contributed by atoms with E-state index >= 15 is 0 Å². The molecule has 5 rings (SSSR count). The number of benzene rings is 2. The summed E-state index contributed by atoms with van der Waals surface area (Å²) in [6.07, 6.45) is 2.36. The molecule has 2 aromatic carbocycles. The van der Waals surface area contributed by atoms with Crippen molar-refractivity contribution in [2.45, 2.75) is 65.9 Å². The van der Waals surface area contributed by atoms with Crippen LogP contribution in [-0.2, 0) is 20.9 Å². The Morgan fingerprint density at radius 3 is 2.00 bits per heavy atom. The Labute approximate surface area is 255 Å². The van der Waals surface area contributed by atoms with E-state index in [4.69, 9.17) is 9.47 Å². The topological polar surface area (TPSA) is 99.0 Å². The molecule has 0 spiro atoms. The number of rotatable bonds is 8. The third-order valence-corrected chi connectivity index (χ3v) is 8.99. The molecule has 0 bridgehead atoms. The number of halogens is 1. The van der Waals surface area contributed by atoms with Crippen molar-refractivity contribution in [3.63, 3.8) is 0 Å². The number of allylic oxidation sites excluding steroid dienone is 4. The maximum absolute atomic E-state index is 13.9. The van der Waals surface area contributed by atoms with Crippen LogP contribution in [0.1, 0.15) is 70.4 Å². The second kappa shape index (κ2) is 11.4. The molecule has 2 aliphatic carbocycles. The number of ether oxygens (including phenoxy) is 2. The molecule has 0 saturated heterocycles. The number of carbonyl (C=O) groups excluding carboxylic acids is 2. The number of carbonyl (C=O) groups is 2. The molecule has 1 heterocycles. The van der Waals surface area contributed by atoms with Crippen molar-refractivity contribution < 1.29 is 24.0 Å². The predicted molar refractivity (Wildman–Crippen MR) is 163 cm³/mol. The largest absolute Gasteiger partial charge is 0.488 e. The summed E-state index contributed by atoms with van der Waals surface area (Å²) in [5.41, 5.74) is 4.80. The fourth-order valence-electron chi connectivity index (χ4n) is 6.52. The lowest BCUT2D eigenvalue weighted by molar-refractivity contribution is -0.384. The summed E-state index contributed by atoms with van der Waals surface area (Å²) in [5.74, 6) is 0.339. The van der Waals surface area contributed by atoms with E-state index in [-0.39, 0.29) is 34.7 Å². The van der Waals surface area contributed by atoms with Crippen LogP contribution in [-0.4, -0.2) is 41.7 Å². The maximum atomic E-state index is 13.9. The Morgan fingerprint density at radius 2 is 1.50 bits per heavy atom. The Bertz CT molecular complexity index is 1450. The molecule has 0 atom stereocenters. The van der Waals surface area contributed by atoms with Gasteiger partial charge in [-0.1, -0.05) is 33.8 Å². The first-order chi connectivity index (χ1) is 19.8. The Morgan fingerprint density at radius 1 is 0.929 bits per heavy atom. The molecule has 222 valence electrons. The molecule has 0 aromatic heterocycles. The molecule has 0 radical (unpaired) electrons. The Hall–Kier alpha value is -3.30. The third-order valence-electron chi connectivity index (χ3n) is 8.37. The quantitative estimate of drug-likeness (QED) is 0.222. The lowest BCUT2D eigenvalue weighted by atomic mass is 9.63. The van der Waals surface area contributed by atoms with E-state index in [2.05, 4.69) is 48.5 Å². The molecule has 0 amide bonds. The van der Waals surface area contributed by atoms with Crippen LogP contribution in [0.25, 0.3) is 0 Å². The Kier molecular flexibility index (Phi) is 8.20. The van der Waals surface area contributed by atoms with Gasteiger partial charge in [0.05, 0.1) is 16.0 Å². The molecule has 0 N–H and O–H groups in total. The van der Waals surface area contributed by atoms with Crippen molar-refractivity contribution in [2.24, 2.45) is 10.8 Å². The SMILES string of the molecule is COCCN1C2=C(C(=O)CC(C)(C)C2)C(c2ccc(OCc3ccc([N+](=O)[O-])cc3)c(Br)c2)C2=C1CC(C)(C)CC2=O. The van der Waals surface area contributed by atoms with Crippen molar-refractivity contribution in [1.29, 1.82) is 0 Å². The molecule has 0 saturated carbocycles. The normalized spacial score (nSPS) is 20.0. The molecular weight excluding hydrogens is 600 g/mol. The third kappa shape index (κ3) is 5.95. The number of non-ortho nitro benzene ring substituents is 1. The highest BCUT2D eigenvalue weighted by molar-refractivity contribution is 9.10. The van der Waals surface area contributed by atoms with Gasteiger partial charge in [-0.25, -0.2) is 0 Å². The van der Waals surface area contributed by atoms with E-state index in [1.54, 1.807) is 19.2 Å². The number of nitro groups is 1. The molecule has 9 heteroatoms. The van der Waals surface area contributed by atoms with Crippen molar-refractivity contribution in [1.82, 2.24) is 4.90 Å². The van der Waals surface area contributed by atoms with Gasteiger partial charge in [0.2, 0.25) is 0 Å². The fourth-order valence-corrected chi connectivity index (χ4v) is 7.03. The average molecular weight is 638 g/mol. The summed E-state index contributed by atoms with van der Waals surface area (Å²) in [5, 5.41) is 11.0. The lowest BCUT2D eigenvalue weighted by Crippen LogP contribution is -2.45. The summed E-state index contributed by atoms with van der Waals surface area (Å²) in [6.45, 7) is 9.84. The van der Waals surface area contributed by atoms with Crippen LogP contribution in [0.5, 0.6) is 5.75 Å². The molecule has 8 nitrogen and oxygen atoms in total. The van der Waals surface area contributed by atoms with Gasteiger partial charge in [0.15, 0.2) is 11.6 Å². The van der Waals surface area contributed by atoms with Gasteiger partial charge in [0.1, 0.15) is 12.4 Å². The summed E-state index contributed by atoms with van der Waals surface area (Å²) in [6, 6.07) is 12.0. The minimum atomic E-state index is -0.444. The summed E-state index contributed by atoms with van der Waals surface area (Å²) in [4.78, 5) is 40.6. The highest BCUT2D eigenvalue weighted by Gasteiger charge is 2.48. The first kappa shape index (κ1) is 30.2. The zero-order valence-corrected chi connectivity index (χ0v) is 26.4. The minimum Gasteiger partial charge on any atom is -0.488 e. The second-order valence-corrected chi connectivity index (χ2v) is 13.9. The van der Waals surface area contributed by atoms with Gasteiger partial charge < -0.3 is 14.4 Å². The van der Waals surface area contributed by atoms with Crippen LogP contribution < -0.4 is 4.74 Å². The van der Waals surface area contributed by atoms with E-state index < -0.39 is 10.8 Å². The number of nitro benzene ring substituents is 1. The maximum Gasteiger partial charge on any atom is 0.269 e. The zero-order valence-electron chi connectivity index (χ0n) is 24.8. The van der Waals surface area contributed by atoms with E-state index in [9.17, 15) is 19.7 Å². The van der Waals surface area contributed by atoms with Crippen LogP contribution in [0, 0.1) is 20.9 Å². The average Bonchev–Trinajstić information content (AvgIpc) is 2.89. The van der Waals surface area contributed by atoms with Crippen molar-refractivity contribution in [2.75, 3.05) is 20.3 Å². The second-order valence-electron chi connectivity index (χ2n) is 13.1. The van der Waals surface area contributed by atoms with E-state index in [1.807, 2.05) is 18.2 Å². The number of methoxy groups -OCH3 is 1. The number of hydrogen-bond donors (Lipinski definition) is 0. The van der Waals surface area contributed by atoms with Gasteiger partial charge >= 0.3 is 0 Å². The number of Topliss-reactive ketones (excluding diaryl/α,β-unsaturated/α-hetero) is 2. The lowest BCUT2D eigenvalue weighted by Gasteiger charge is -2.49. The Balaban J connectivity index is 1.55. The van der Waals surface area contributed by atoms with Crippen molar-refractivity contribution in [3.05, 3.63) is 90.7 Å². The summed E-state index contributed by atoms with van der Waals surface area (Å²) in [7, 11) is 1.67. The summed E-state index contributed by atoms with van der Waals surface area (Å²) >= 11 is 3.66. The van der Waals surface area contributed by atoms with Gasteiger partial charge in [0, 0.05) is 67.1 Å². The van der Waals surface area contributed by atoms with Crippen molar-refractivity contribution in [3.8, 4) is 5.75 Å². The monoisotopic (exact) mass is 636 g/mol. The van der Waals surface area contributed by atoms with Crippen LogP contribution >= 0.6 is 15.9 Å². The molecule has 42 heavy (non-hydrogen) atoms. The number of ketones is 2. The standard InChI is InChI=1S/C33H37BrN2O6/c1-32(2)15-24-30(26(37)17-32)29(31-25(35(24)12-13-41-5)16-33(3,4)18-27(31)38)21-8-11-28(23(34)14-21)42-19-20-6-9-22(10-7-20)36(39)40/h6-11,14,29H,12-13,15-19H2,1-5H3. The fraction of sp³-hybridized carbons (Fsp3) is 0.455. The van der Waals surface area contributed by atoms with Crippen LogP contribution in [0.4, 0.5) is 5.69 Å². The first-order valence-electron chi connectivity index (χ1n) is 14.2. The predicted octanol–water partition coefficient (Wildman–Crippen LogP) is 7.27. The smallest absolute Gasteiger partial charge is 0.269 e. The molecule has 0 fully saturated rings. The highest BCUT2D eigenvalue weighted by Crippen LogP contribution is 2.54. The van der Waals surface area contributed by atoms with Gasteiger partial charge in [-0.3, -0.25) is 19.7 Å². The van der Waals surface area contributed by atoms with E-state index in [1.165, 1.54) is 12.1 Å². The van der Waals surface area contributed by atoms with Crippen LogP contribution in [0.2, 0.25) is 0 Å². The van der Waals surface area contributed by atoms with Crippen LogP contribution in [0.15, 0.2) is 69.5 Å². The summed E-state index contributed by atoms with van der Waals surface area (Å²) < 4.78 is 12.2. The minimum absolute atomic E-state index is 0.0289. The van der Waals surface area contributed by atoms with Gasteiger partial charge in [0.25, 0.3) is 5.69 Å². The highest BCUT2D eigenvalue weighted by atomic mass is 79.9. The molecule has 3 aliphatic rings. The van der Waals surface area contributed by atoms with E-state index in [0.29, 0.717) is 36.2 Å². The first-order valence-corrected chi connectivity index (χ1v) is 15.0. The van der Waals surface area contributed by atoms with Crippen molar-refractivity contribution >= 4 is 33.2 Å². The molecule has 1 aliphatic heterocycles. The number of hydrogen-bond acceptors (Lipinski definition) is 7. The zero-order chi connectivity index (χ0) is 30.4. The van der Waals surface area contributed by atoms with Crippen LogP contribution in [0.3, 0.4) is 0 Å². The molecule has 0 unspecified atom stereocenters. The van der Waals surface area contributed by atoms with E-state index in [0.717, 1.165) is 46.5 Å². The van der Waals surface area contributed by atoms with Gasteiger partial charge in [-0.05, 0) is 75.0 Å². The number of nitrogens with zero attached hydrogens (tertiary/aromatic N) is 2. The van der Waals surface area contributed by atoms with Gasteiger partial charge in [-0.15, -0.1) is 0 Å². The molecular formula is C33H37BrN2O6.